The molecule has 0 unspecified atom stereocenters. The average Bonchev–Trinajstić information content (AvgIpc) is 2.67. The highest BCUT2D eigenvalue weighted by molar-refractivity contribution is 5.96. The van der Waals surface area contributed by atoms with Crippen LogP contribution in [-0.4, -0.2) is 69.3 Å². The van der Waals surface area contributed by atoms with Crippen LogP contribution in [0, 0.1) is 0 Å². The molecule has 1 aliphatic rings. The molecule has 2 rings (SSSR count). The van der Waals surface area contributed by atoms with E-state index in [4.69, 9.17) is 14.2 Å². The first kappa shape index (κ1) is 19.9. The minimum Gasteiger partial charge on any atom is -0.463 e. The van der Waals surface area contributed by atoms with Gasteiger partial charge in [0.15, 0.2) is 0 Å². The Hall–Kier alpha value is -2.45. The molecule has 142 valence electrons. The van der Waals surface area contributed by atoms with Gasteiger partial charge < -0.3 is 24.4 Å². The molecule has 0 aliphatic carbocycles. The highest BCUT2D eigenvalue weighted by Crippen LogP contribution is 2.13. The number of ether oxygens (including phenoxy) is 3. The molecule has 0 bridgehead atoms. The van der Waals surface area contributed by atoms with Crippen molar-refractivity contribution in [3.05, 3.63) is 29.8 Å². The highest BCUT2D eigenvalue weighted by atomic mass is 16.6. The predicted octanol–water partition coefficient (Wildman–Crippen LogP) is 1.07. The molecule has 1 aromatic rings. The molecular weight excluding hydrogens is 340 g/mol. The average molecular weight is 364 g/mol. The fourth-order valence-electron chi connectivity index (χ4n) is 2.40. The van der Waals surface area contributed by atoms with E-state index in [1.54, 1.807) is 29.2 Å². The van der Waals surface area contributed by atoms with Crippen LogP contribution in [-0.2, 0) is 23.8 Å². The molecule has 1 heterocycles. The van der Waals surface area contributed by atoms with Gasteiger partial charge in [-0.05, 0) is 24.3 Å². The lowest BCUT2D eigenvalue weighted by molar-refractivity contribution is -0.145. The van der Waals surface area contributed by atoms with E-state index >= 15 is 0 Å². The van der Waals surface area contributed by atoms with Crippen LogP contribution in [0.25, 0.3) is 0 Å². The van der Waals surface area contributed by atoms with Crippen LogP contribution in [0.1, 0.15) is 23.2 Å². The summed E-state index contributed by atoms with van der Waals surface area (Å²) in [6.07, 6.45) is 0.0312. The molecule has 2 amide bonds. The number of morpholine rings is 1. The number of esters is 1. The van der Waals surface area contributed by atoms with Crippen LogP contribution in [0.5, 0.6) is 0 Å². The Morgan fingerprint density at radius 1 is 1.08 bits per heavy atom. The summed E-state index contributed by atoms with van der Waals surface area (Å²) in [7, 11) is 1.51. The molecule has 1 fully saturated rings. The van der Waals surface area contributed by atoms with Crippen molar-refractivity contribution in [3.63, 3.8) is 0 Å². The number of nitrogens with zero attached hydrogens (tertiary/aromatic N) is 1. The molecule has 1 aliphatic heterocycles. The first-order chi connectivity index (χ1) is 12.6. The fraction of sp³-hybridized carbons (Fsp3) is 0.500. The first-order valence-electron chi connectivity index (χ1n) is 8.51. The lowest BCUT2D eigenvalue weighted by atomic mass is 10.1. The summed E-state index contributed by atoms with van der Waals surface area (Å²) in [4.78, 5) is 37.4. The molecular formula is C18H24N2O6. The maximum atomic E-state index is 12.3. The number of amides is 2. The van der Waals surface area contributed by atoms with Crippen molar-refractivity contribution in [2.45, 2.75) is 12.8 Å². The zero-order valence-electron chi connectivity index (χ0n) is 14.9. The Labute approximate surface area is 152 Å². The standard InChI is InChI=1S/C18H24N2O6/c1-24-12-13-26-17(22)7-6-16(21)19-15-4-2-14(3-5-15)18(23)20-8-10-25-11-9-20/h2-5H,6-13H2,1H3,(H,19,21). The Bertz CT molecular complexity index is 611. The molecule has 1 N–H and O–H groups in total. The Morgan fingerprint density at radius 2 is 1.77 bits per heavy atom. The summed E-state index contributed by atoms with van der Waals surface area (Å²) in [5.41, 5.74) is 1.13. The van der Waals surface area contributed by atoms with Crippen LogP contribution in [0.2, 0.25) is 0 Å². The third-order valence-electron chi connectivity index (χ3n) is 3.82. The molecule has 8 nitrogen and oxygen atoms in total. The van der Waals surface area contributed by atoms with Crippen molar-refractivity contribution in [1.82, 2.24) is 4.90 Å². The van der Waals surface area contributed by atoms with Gasteiger partial charge in [0.1, 0.15) is 6.61 Å². The largest absolute Gasteiger partial charge is 0.463 e. The predicted molar refractivity (Wildman–Crippen MR) is 93.9 cm³/mol. The third-order valence-corrected chi connectivity index (χ3v) is 3.82. The lowest BCUT2D eigenvalue weighted by Crippen LogP contribution is -2.40. The van der Waals surface area contributed by atoms with E-state index in [2.05, 4.69) is 5.32 Å². The van der Waals surface area contributed by atoms with Crippen molar-refractivity contribution in [2.24, 2.45) is 0 Å². The minimum absolute atomic E-state index is 0.00312. The molecule has 0 radical (unpaired) electrons. The summed E-state index contributed by atoms with van der Waals surface area (Å²) < 4.78 is 14.9. The molecule has 0 atom stereocenters. The van der Waals surface area contributed by atoms with Crippen molar-refractivity contribution < 1.29 is 28.6 Å². The van der Waals surface area contributed by atoms with Gasteiger partial charge >= 0.3 is 5.97 Å². The summed E-state index contributed by atoms with van der Waals surface area (Å²) >= 11 is 0. The van der Waals surface area contributed by atoms with E-state index in [0.717, 1.165) is 0 Å². The van der Waals surface area contributed by atoms with E-state index < -0.39 is 5.97 Å². The molecule has 26 heavy (non-hydrogen) atoms. The van der Waals surface area contributed by atoms with Crippen molar-refractivity contribution in [1.29, 1.82) is 0 Å². The minimum atomic E-state index is -0.441. The number of hydrogen-bond donors (Lipinski definition) is 1. The Balaban J connectivity index is 1.76. The lowest BCUT2D eigenvalue weighted by Gasteiger charge is -2.26. The Morgan fingerprint density at radius 3 is 2.42 bits per heavy atom. The number of rotatable bonds is 8. The van der Waals surface area contributed by atoms with Crippen molar-refractivity contribution >= 4 is 23.5 Å². The maximum Gasteiger partial charge on any atom is 0.306 e. The van der Waals surface area contributed by atoms with Crippen molar-refractivity contribution in [3.8, 4) is 0 Å². The van der Waals surface area contributed by atoms with E-state index in [-0.39, 0.29) is 31.3 Å². The first-order valence-corrected chi connectivity index (χ1v) is 8.51. The number of carbonyl (C=O) groups is 3. The second kappa shape index (κ2) is 10.5. The summed E-state index contributed by atoms with van der Waals surface area (Å²) in [6, 6.07) is 6.68. The van der Waals surface area contributed by atoms with E-state index in [9.17, 15) is 14.4 Å². The van der Waals surface area contributed by atoms with Gasteiger partial charge in [-0.2, -0.15) is 0 Å². The zero-order valence-corrected chi connectivity index (χ0v) is 14.9. The monoisotopic (exact) mass is 364 g/mol. The molecule has 0 aromatic heterocycles. The molecule has 0 saturated carbocycles. The second-order valence-corrected chi connectivity index (χ2v) is 5.74. The topological polar surface area (TPSA) is 94.2 Å². The number of benzene rings is 1. The third kappa shape index (κ3) is 6.45. The van der Waals surface area contributed by atoms with Crippen LogP contribution in [0.4, 0.5) is 5.69 Å². The molecule has 0 spiro atoms. The number of methoxy groups -OCH3 is 1. The van der Waals surface area contributed by atoms with Crippen LogP contribution >= 0.6 is 0 Å². The maximum absolute atomic E-state index is 12.3. The smallest absolute Gasteiger partial charge is 0.306 e. The van der Waals surface area contributed by atoms with Gasteiger partial charge in [-0.3, -0.25) is 14.4 Å². The summed E-state index contributed by atoms with van der Waals surface area (Å²) in [6.45, 7) is 2.76. The van der Waals surface area contributed by atoms with Gasteiger partial charge in [0, 0.05) is 37.9 Å². The number of anilines is 1. The number of hydrogen-bond acceptors (Lipinski definition) is 6. The van der Waals surface area contributed by atoms with E-state index in [1.165, 1.54) is 7.11 Å². The summed E-state index contributed by atoms with van der Waals surface area (Å²) in [5.74, 6) is -0.783. The molecule has 8 heteroatoms. The Kier molecular flexibility index (Phi) is 8.04. The van der Waals surface area contributed by atoms with Crippen LogP contribution in [0.3, 0.4) is 0 Å². The SMILES string of the molecule is COCCOC(=O)CCC(=O)Nc1ccc(C(=O)N2CCOCC2)cc1. The number of nitrogens with one attached hydrogen (secondary N) is 1. The molecule has 1 saturated heterocycles. The quantitative estimate of drug-likeness (QED) is 0.548. The fourth-order valence-corrected chi connectivity index (χ4v) is 2.40. The highest BCUT2D eigenvalue weighted by Gasteiger charge is 2.18. The van der Waals surface area contributed by atoms with Gasteiger partial charge in [-0.15, -0.1) is 0 Å². The van der Waals surface area contributed by atoms with Gasteiger partial charge in [-0.1, -0.05) is 0 Å². The second-order valence-electron chi connectivity index (χ2n) is 5.74. The normalized spacial score (nSPS) is 14.0. The van der Waals surface area contributed by atoms with Gasteiger partial charge in [0.2, 0.25) is 5.91 Å². The zero-order chi connectivity index (χ0) is 18.8. The number of carbonyl (C=O) groups excluding carboxylic acids is 3. The van der Waals surface area contributed by atoms with E-state index in [1.807, 2.05) is 0 Å². The van der Waals surface area contributed by atoms with Gasteiger partial charge in [-0.25, -0.2) is 0 Å². The van der Waals surface area contributed by atoms with Gasteiger partial charge in [0.25, 0.3) is 5.91 Å². The van der Waals surface area contributed by atoms with Crippen LogP contribution in [0.15, 0.2) is 24.3 Å². The van der Waals surface area contributed by atoms with Crippen molar-refractivity contribution in [2.75, 3.05) is 51.9 Å². The summed E-state index contributed by atoms with van der Waals surface area (Å²) in [5, 5.41) is 2.69. The van der Waals surface area contributed by atoms with E-state index in [0.29, 0.717) is 44.2 Å². The van der Waals surface area contributed by atoms with Crippen LogP contribution < -0.4 is 5.32 Å². The molecule has 1 aromatic carbocycles. The van der Waals surface area contributed by atoms with Gasteiger partial charge in [0.05, 0.1) is 26.2 Å².